The Kier molecular flexibility index (Phi) is 3.48. The van der Waals surface area contributed by atoms with E-state index in [2.05, 4.69) is 5.32 Å². The van der Waals surface area contributed by atoms with Crippen molar-refractivity contribution in [3.05, 3.63) is 40.8 Å². The maximum Gasteiger partial charge on any atom is 0.417 e. The number of hydrogen-bond donors (Lipinski definition) is 1. The van der Waals surface area contributed by atoms with Crippen molar-refractivity contribution in [3.63, 3.8) is 0 Å². The Balaban J connectivity index is 2.24. The third-order valence-corrected chi connectivity index (χ3v) is 4.12. The van der Waals surface area contributed by atoms with Crippen LogP contribution in [0.4, 0.5) is 18.9 Å². The van der Waals surface area contributed by atoms with E-state index in [1.54, 1.807) is 0 Å². The summed E-state index contributed by atoms with van der Waals surface area (Å²) in [6, 6.07) is 4.00. The van der Waals surface area contributed by atoms with Crippen LogP contribution in [0.3, 0.4) is 0 Å². The van der Waals surface area contributed by atoms with E-state index in [1.807, 2.05) is 0 Å². The van der Waals surface area contributed by atoms with Gasteiger partial charge in [0.15, 0.2) is 9.84 Å². The molecule has 2 rings (SSSR count). The quantitative estimate of drug-likeness (QED) is 0.910. The van der Waals surface area contributed by atoms with Gasteiger partial charge in [-0.1, -0.05) is 6.08 Å². The Morgan fingerprint density at radius 3 is 2.55 bits per heavy atom. The van der Waals surface area contributed by atoms with E-state index < -0.39 is 33.2 Å². The lowest BCUT2D eigenvalue weighted by Crippen LogP contribution is -2.21. The minimum Gasteiger partial charge on any atom is -0.378 e. The van der Waals surface area contributed by atoms with Crippen LogP contribution in [0.5, 0.6) is 0 Å². The van der Waals surface area contributed by atoms with Gasteiger partial charge in [-0.3, -0.25) is 0 Å². The molecular formula is C12H9F3N2O2S. The van der Waals surface area contributed by atoms with E-state index in [1.165, 1.54) is 18.2 Å². The number of anilines is 1. The molecule has 8 heteroatoms. The fourth-order valence-corrected chi connectivity index (χ4v) is 3.09. The Bertz CT molecular complexity index is 702. The molecule has 0 saturated carbocycles. The largest absolute Gasteiger partial charge is 0.417 e. The van der Waals surface area contributed by atoms with E-state index in [0.717, 1.165) is 17.5 Å². The monoisotopic (exact) mass is 302 g/mol. The molecule has 1 aromatic rings. The zero-order chi connectivity index (χ0) is 15.0. The minimum absolute atomic E-state index is 0.157. The van der Waals surface area contributed by atoms with Crippen molar-refractivity contribution in [1.82, 2.24) is 0 Å². The van der Waals surface area contributed by atoms with Crippen LogP contribution in [0.15, 0.2) is 29.7 Å². The van der Waals surface area contributed by atoms with Crippen LogP contribution in [0.25, 0.3) is 0 Å². The molecule has 1 aliphatic heterocycles. The molecule has 1 unspecified atom stereocenters. The summed E-state index contributed by atoms with van der Waals surface area (Å²) in [4.78, 5) is 0. The van der Waals surface area contributed by atoms with Gasteiger partial charge in [-0.25, -0.2) is 8.42 Å². The molecule has 0 aliphatic carbocycles. The van der Waals surface area contributed by atoms with E-state index in [9.17, 15) is 21.6 Å². The number of hydrogen-bond acceptors (Lipinski definition) is 4. The second kappa shape index (κ2) is 4.83. The molecule has 1 heterocycles. The maximum atomic E-state index is 12.6. The van der Waals surface area contributed by atoms with Crippen LogP contribution in [0.2, 0.25) is 0 Å². The predicted molar refractivity (Wildman–Crippen MR) is 66.5 cm³/mol. The lowest BCUT2D eigenvalue weighted by molar-refractivity contribution is -0.137. The molecule has 20 heavy (non-hydrogen) atoms. The van der Waals surface area contributed by atoms with E-state index in [4.69, 9.17) is 5.26 Å². The molecule has 1 aromatic carbocycles. The molecule has 0 bridgehead atoms. The van der Waals surface area contributed by atoms with Crippen LogP contribution in [0, 0.1) is 11.3 Å². The van der Waals surface area contributed by atoms with Crippen LogP contribution in [-0.2, 0) is 16.0 Å². The fourth-order valence-electron chi connectivity index (χ4n) is 1.85. The fraction of sp³-hybridized carbons (Fsp3) is 0.250. The van der Waals surface area contributed by atoms with E-state index >= 15 is 0 Å². The van der Waals surface area contributed by atoms with Gasteiger partial charge in [0.25, 0.3) is 0 Å². The van der Waals surface area contributed by atoms with Crippen molar-refractivity contribution in [3.8, 4) is 6.07 Å². The van der Waals surface area contributed by atoms with Gasteiger partial charge in [0.1, 0.15) is 0 Å². The lowest BCUT2D eigenvalue weighted by atomic mass is 10.1. The average molecular weight is 302 g/mol. The number of halogens is 3. The molecule has 0 aromatic heterocycles. The van der Waals surface area contributed by atoms with Crippen LogP contribution in [-0.4, -0.2) is 20.2 Å². The Morgan fingerprint density at radius 1 is 1.35 bits per heavy atom. The first-order valence-corrected chi connectivity index (χ1v) is 7.22. The molecular weight excluding hydrogens is 293 g/mol. The third kappa shape index (κ3) is 3.11. The Hall–Kier alpha value is -2.01. The normalized spacial score (nSPS) is 20.6. The summed E-state index contributed by atoms with van der Waals surface area (Å²) in [5.74, 6) is -0.157. The third-order valence-electron chi connectivity index (χ3n) is 2.73. The summed E-state index contributed by atoms with van der Waals surface area (Å²) in [6.07, 6.45) is -3.18. The van der Waals surface area contributed by atoms with Crippen molar-refractivity contribution in [1.29, 1.82) is 5.26 Å². The van der Waals surface area contributed by atoms with Gasteiger partial charge in [-0.15, -0.1) is 0 Å². The minimum atomic E-state index is -4.60. The number of rotatable bonds is 2. The van der Waals surface area contributed by atoms with Gasteiger partial charge < -0.3 is 5.32 Å². The topological polar surface area (TPSA) is 70.0 Å². The summed E-state index contributed by atoms with van der Waals surface area (Å²) >= 11 is 0. The molecule has 106 valence electrons. The first kappa shape index (κ1) is 14.4. The van der Waals surface area contributed by atoms with Crippen molar-refractivity contribution in [2.45, 2.75) is 12.2 Å². The highest BCUT2D eigenvalue weighted by Gasteiger charge is 2.33. The SMILES string of the molecule is N#Cc1cc(NC2C=CS(=O)(=O)C2)ccc1C(F)(F)F. The first-order chi connectivity index (χ1) is 9.21. The average Bonchev–Trinajstić information content (AvgIpc) is 2.67. The molecule has 4 nitrogen and oxygen atoms in total. The number of nitrogens with one attached hydrogen (secondary N) is 1. The summed E-state index contributed by atoms with van der Waals surface area (Å²) < 4.78 is 60.3. The van der Waals surface area contributed by atoms with Crippen LogP contribution in [0.1, 0.15) is 11.1 Å². The summed E-state index contributed by atoms with van der Waals surface area (Å²) in [5, 5.41) is 12.6. The number of nitrogens with zero attached hydrogens (tertiary/aromatic N) is 1. The predicted octanol–water partition coefficient (Wildman–Crippen LogP) is 2.30. The lowest BCUT2D eigenvalue weighted by Gasteiger charge is -2.14. The molecule has 0 saturated heterocycles. The van der Waals surface area contributed by atoms with Gasteiger partial charge in [-0.05, 0) is 18.2 Å². The smallest absolute Gasteiger partial charge is 0.378 e. The first-order valence-electron chi connectivity index (χ1n) is 5.50. The van der Waals surface area contributed by atoms with Gasteiger partial charge in [0, 0.05) is 11.1 Å². The zero-order valence-electron chi connectivity index (χ0n) is 9.98. The van der Waals surface area contributed by atoms with Gasteiger partial charge in [0.2, 0.25) is 0 Å². The van der Waals surface area contributed by atoms with Crippen LogP contribution >= 0.6 is 0 Å². The Labute approximate surface area is 113 Å². The molecule has 0 radical (unpaired) electrons. The Morgan fingerprint density at radius 2 is 2.05 bits per heavy atom. The zero-order valence-corrected chi connectivity index (χ0v) is 10.8. The van der Waals surface area contributed by atoms with Crippen molar-refractivity contribution < 1.29 is 21.6 Å². The van der Waals surface area contributed by atoms with E-state index in [0.29, 0.717) is 0 Å². The standard InChI is InChI=1S/C12H9F3N2O2S/c13-12(14,15)11-2-1-9(5-8(11)6-16)17-10-3-4-20(18,19)7-10/h1-5,10,17H,7H2. The maximum absolute atomic E-state index is 12.6. The molecule has 1 atom stereocenters. The molecule has 1 N–H and O–H groups in total. The summed E-state index contributed by atoms with van der Waals surface area (Å²) in [6.45, 7) is 0. The van der Waals surface area contributed by atoms with Crippen LogP contribution < -0.4 is 5.32 Å². The molecule has 1 aliphatic rings. The van der Waals surface area contributed by atoms with Crippen molar-refractivity contribution in [2.24, 2.45) is 0 Å². The summed E-state index contributed by atoms with van der Waals surface area (Å²) in [7, 11) is -3.25. The highest BCUT2D eigenvalue weighted by atomic mass is 32.2. The van der Waals surface area contributed by atoms with E-state index in [-0.39, 0.29) is 11.4 Å². The number of sulfone groups is 1. The number of benzene rings is 1. The highest BCUT2D eigenvalue weighted by molar-refractivity contribution is 7.94. The second-order valence-corrected chi connectivity index (χ2v) is 6.21. The summed E-state index contributed by atoms with van der Waals surface area (Å²) in [5.41, 5.74) is -1.26. The highest BCUT2D eigenvalue weighted by Crippen LogP contribution is 2.33. The number of alkyl halides is 3. The van der Waals surface area contributed by atoms with Crippen molar-refractivity contribution >= 4 is 15.5 Å². The second-order valence-electron chi connectivity index (χ2n) is 4.28. The van der Waals surface area contributed by atoms with Gasteiger partial charge in [0.05, 0.1) is 29.0 Å². The molecule has 0 amide bonds. The van der Waals surface area contributed by atoms with Crippen molar-refractivity contribution in [2.75, 3.05) is 11.1 Å². The number of nitriles is 1. The molecule has 0 fully saturated rings. The van der Waals surface area contributed by atoms with Gasteiger partial charge >= 0.3 is 6.18 Å². The molecule has 0 spiro atoms. The van der Waals surface area contributed by atoms with Gasteiger partial charge in [-0.2, -0.15) is 18.4 Å².